The lowest BCUT2D eigenvalue weighted by Gasteiger charge is -2.36. The summed E-state index contributed by atoms with van der Waals surface area (Å²) in [5.41, 5.74) is 6.31. The highest BCUT2D eigenvalue weighted by molar-refractivity contribution is 5.76. The number of amides is 1. The number of carbonyl (C=O) groups is 1. The monoisotopic (exact) mass is 420 g/mol. The first-order valence-corrected chi connectivity index (χ1v) is 11.6. The third-order valence-electron chi connectivity index (χ3n) is 6.37. The number of nitrogens with two attached hydrogens (primary N) is 1. The van der Waals surface area contributed by atoms with Crippen LogP contribution in [0, 0.1) is 5.92 Å². The SMILES string of the molecule is C=C/C(C)=C\C(F)=C/CN1CCN(CCC2CCC(NC(=O)CCCN)CC2)CC1. The summed E-state index contributed by atoms with van der Waals surface area (Å²) in [5, 5.41) is 3.17. The highest BCUT2D eigenvalue weighted by Gasteiger charge is 2.23. The summed E-state index contributed by atoms with van der Waals surface area (Å²) in [6, 6.07) is 0.355. The summed E-state index contributed by atoms with van der Waals surface area (Å²) in [4.78, 5) is 16.7. The zero-order valence-electron chi connectivity index (χ0n) is 18.8. The van der Waals surface area contributed by atoms with E-state index in [1.807, 2.05) is 6.92 Å². The van der Waals surface area contributed by atoms with Gasteiger partial charge in [0.15, 0.2) is 0 Å². The number of carbonyl (C=O) groups excluding carboxylic acids is 1. The van der Waals surface area contributed by atoms with Crippen molar-refractivity contribution < 1.29 is 9.18 Å². The van der Waals surface area contributed by atoms with E-state index in [2.05, 4.69) is 21.7 Å². The van der Waals surface area contributed by atoms with E-state index in [-0.39, 0.29) is 11.7 Å². The Balaban J connectivity index is 1.58. The van der Waals surface area contributed by atoms with Crippen molar-refractivity contribution in [1.29, 1.82) is 0 Å². The fraction of sp³-hybridized carbons (Fsp3) is 0.708. The molecule has 3 N–H and O–H groups in total. The summed E-state index contributed by atoms with van der Waals surface area (Å²) in [7, 11) is 0. The normalized spacial score (nSPS) is 24.6. The predicted molar refractivity (Wildman–Crippen MR) is 123 cm³/mol. The average molecular weight is 421 g/mol. The van der Waals surface area contributed by atoms with Crippen molar-refractivity contribution in [3.8, 4) is 0 Å². The minimum Gasteiger partial charge on any atom is -0.353 e. The van der Waals surface area contributed by atoms with Crippen LogP contribution in [0.5, 0.6) is 0 Å². The van der Waals surface area contributed by atoms with Gasteiger partial charge in [0.2, 0.25) is 5.91 Å². The van der Waals surface area contributed by atoms with Crippen LogP contribution in [0.25, 0.3) is 0 Å². The van der Waals surface area contributed by atoms with Gasteiger partial charge in [0, 0.05) is 45.2 Å². The van der Waals surface area contributed by atoms with Crippen LogP contribution in [-0.4, -0.2) is 67.6 Å². The maximum absolute atomic E-state index is 13.8. The maximum atomic E-state index is 13.8. The Labute approximate surface area is 182 Å². The van der Waals surface area contributed by atoms with Crippen molar-refractivity contribution in [2.24, 2.45) is 11.7 Å². The Bertz CT molecular complexity index is 588. The molecule has 1 aliphatic heterocycles. The number of nitrogens with zero attached hydrogens (tertiary/aromatic N) is 2. The first-order valence-electron chi connectivity index (χ1n) is 11.6. The molecule has 2 aliphatic rings. The van der Waals surface area contributed by atoms with E-state index in [4.69, 9.17) is 5.73 Å². The Morgan fingerprint density at radius 2 is 1.83 bits per heavy atom. The molecule has 0 bridgehead atoms. The van der Waals surface area contributed by atoms with Gasteiger partial charge in [0.05, 0.1) is 0 Å². The third-order valence-corrected chi connectivity index (χ3v) is 6.37. The van der Waals surface area contributed by atoms with Gasteiger partial charge in [-0.25, -0.2) is 4.39 Å². The second-order valence-corrected chi connectivity index (χ2v) is 8.79. The van der Waals surface area contributed by atoms with Gasteiger partial charge in [0.1, 0.15) is 5.83 Å². The molecule has 0 atom stereocenters. The summed E-state index contributed by atoms with van der Waals surface area (Å²) >= 11 is 0. The van der Waals surface area contributed by atoms with Crippen molar-refractivity contribution in [1.82, 2.24) is 15.1 Å². The van der Waals surface area contributed by atoms with Crippen LogP contribution in [0.4, 0.5) is 4.39 Å². The quantitative estimate of drug-likeness (QED) is 0.503. The number of hydrogen-bond donors (Lipinski definition) is 2. The first kappa shape index (κ1) is 24.8. The fourth-order valence-electron chi connectivity index (χ4n) is 4.27. The largest absolute Gasteiger partial charge is 0.353 e. The van der Waals surface area contributed by atoms with Crippen molar-refractivity contribution >= 4 is 5.91 Å². The van der Waals surface area contributed by atoms with Crippen LogP contribution < -0.4 is 11.1 Å². The Hall–Kier alpha value is -1.50. The molecular formula is C24H41FN4O. The highest BCUT2D eigenvalue weighted by atomic mass is 19.1. The number of nitrogens with one attached hydrogen (secondary N) is 1. The molecule has 1 amide bonds. The van der Waals surface area contributed by atoms with Gasteiger partial charge in [-0.1, -0.05) is 12.7 Å². The lowest BCUT2D eigenvalue weighted by Crippen LogP contribution is -2.46. The van der Waals surface area contributed by atoms with Crippen molar-refractivity contribution in [3.05, 3.63) is 36.2 Å². The molecule has 2 rings (SSSR count). The van der Waals surface area contributed by atoms with Crippen LogP contribution in [0.2, 0.25) is 0 Å². The lowest BCUT2D eigenvalue weighted by molar-refractivity contribution is -0.122. The molecule has 0 aromatic rings. The molecule has 6 heteroatoms. The van der Waals surface area contributed by atoms with Gasteiger partial charge in [-0.2, -0.15) is 0 Å². The van der Waals surface area contributed by atoms with Crippen LogP contribution in [0.15, 0.2) is 36.2 Å². The summed E-state index contributed by atoms with van der Waals surface area (Å²) in [5.74, 6) is 0.751. The predicted octanol–water partition coefficient (Wildman–Crippen LogP) is 3.39. The van der Waals surface area contributed by atoms with Gasteiger partial charge >= 0.3 is 0 Å². The molecule has 0 aromatic heterocycles. The molecular weight excluding hydrogens is 379 g/mol. The topological polar surface area (TPSA) is 61.6 Å². The van der Waals surface area contributed by atoms with Crippen molar-refractivity contribution in [2.75, 3.05) is 45.8 Å². The van der Waals surface area contributed by atoms with E-state index in [9.17, 15) is 9.18 Å². The van der Waals surface area contributed by atoms with Gasteiger partial charge in [-0.05, 0) is 82.2 Å². The van der Waals surface area contributed by atoms with Gasteiger partial charge in [0.25, 0.3) is 0 Å². The average Bonchev–Trinajstić information content (AvgIpc) is 2.76. The summed E-state index contributed by atoms with van der Waals surface area (Å²) < 4.78 is 13.8. The zero-order valence-corrected chi connectivity index (χ0v) is 18.8. The number of hydrogen-bond acceptors (Lipinski definition) is 4. The van der Waals surface area contributed by atoms with Crippen molar-refractivity contribution in [2.45, 2.75) is 57.9 Å². The van der Waals surface area contributed by atoms with E-state index in [1.54, 1.807) is 12.2 Å². The molecule has 1 saturated carbocycles. The standard InChI is InChI=1S/C24H41FN4O/c1-3-20(2)19-22(25)11-14-29-17-15-28(16-18-29)13-10-21-6-8-23(9-7-21)27-24(30)5-4-12-26/h3,11,19,21,23H,1,4-10,12-18,26H2,2H3,(H,27,30)/b20-19-,22-11+. The highest BCUT2D eigenvalue weighted by Crippen LogP contribution is 2.27. The van der Waals surface area contributed by atoms with E-state index in [1.165, 1.54) is 25.3 Å². The van der Waals surface area contributed by atoms with Gasteiger partial charge < -0.3 is 16.0 Å². The molecule has 30 heavy (non-hydrogen) atoms. The number of halogens is 1. The van der Waals surface area contributed by atoms with Crippen molar-refractivity contribution in [3.63, 3.8) is 0 Å². The molecule has 1 saturated heterocycles. The molecule has 1 aliphatic carbocycles. The van der Waals surface area contributed by atoms with E-state index >= 15 is 0 Å². The Morgan fingerprint density at radius 3 is 2.47 bits per heavy atom. The molecule has 0 radical (unpaired) electrons. The molecule has 170 valence electrons. The maximum Gasteiger partial charge on any atom is 0.220 e. The minimum atomic E-state index is -0.180. The molecule has 2 fully saturated rings. The van der Waals surface area contributed by atoms with Crippen LogP contribution in [0.1, 0.15) is 51.9 Å². The number of rotatable bonds is 11. The molecule has 0 spiro atoms. The number of allylic oxidation sites excluding steroid dienone is 4. The molecule has 5 nitrogen and oxygen atoms in total. The number of piperazine rings is 1. The first-order chi connectivity index (χ1) is 14.5. The molecule has 1 heterocycles. The van der Waals surface area contributed by atoms with Gasteiger partial charge in [-0.3, -0.25) is 9.69 Å². The second-order valence-electron chi connectivity index (χ2n) is 8.79. The zero-order chi connectivity index (χ0) is 21.8. The summed E-state index contributed by atoms with van der Waals surface area (Å²) in [6.45, 7) is 12.0. The molecule has 0 aromatic carbocycles. The van der Waals surface area contributed by atoms with Gasteiger partial charge in [-0.15, -0.1) is 0 Å². The molecule has 0 unspecified atom stereocenters. The van der Waals surface area contributed by atoms with Crippen LogP contribution in [-0.2, 0) is 4.79 Å². The second kappa shape index (κ2) is 13.7. The van der Waals surface area contributed by atoms with Crippen LogP contribution in [0.3, 0.4) is 0 Å². The van der Waals surface area contributed by atoms with E-state index in [0.717, 1.165) is 63.5 Å². The summed E-state index contributed by atoms with van der Waals surface area (Å²) in [6.07, 6.45) is 12.1. The Kier molecular flexibility index (Phi) is 11.3. The van der Waals surface area contributed by atoms with E-state index in [0.29, 0.717) is 25.6 Å². The third kappa shape index (κ3) is 9.54. The lowest BCUT2D eigenvalue weighted by atomic mass is 9.84. The Morgan fingerprint density at radius 1 is 1.17 bits per heavy atom. The van der Waals surface area contributed by atoms with Crippen LogP contribution >= 0.6 is 0 Å². The van der Waals surface area contributed by atoms with E-state index < -0.39 is 0 Å². The smallest absolute Gasteiger partial charge is 0.220 e. The fourth-order valence-corrected chi connectivity index (χ4v) is 4.27. The minimum absolute atomic E-state index is 0.156.